The first-order valence-corrected chi connectivity index (χ1v) is 5.48. The van der Waals surface area contributed by atoms with Crippen LogP contribution in [0.2, 0.25) is 0 Å². The summed E-state index contributed by atoms with van der Waals surface area (Å²) in [6, 6.07) is 18.4. The van der Waals surface area contributed by atoms with Gasteiger partial charge in [-0.1, -0.05) is 60.7 Å². The molecule has 0 aliphatic rings. The fourth-order valence-corrected chi connectivity index (χ4v) is 1.63. The van der Waals surface area contributed by atoms with Crippen molar-refractivity contribution in [1.82, 2.24) is 0 Å². The van der Waals surface area contributed by atoms with E-state index >= 15 is 0 Å². The summed E-state index contributed by atoms with van der Waals surface area (Å²) in [4.78, 5) is 11.9. The molecule has 0 heterocycles. The Balaban J connectivity index is 2.08. The first-order valence-electron chi connectivity index (χ1n) is 5.48. The van der Waals surface area contributed by atoms with E-state index in [1.54, 1.807) is 12.1 Å². The van der Waals surface area contributed by atoms with E-state index < -0.39 is 0 Å². The average Bonchev–Trinajstić information content (AvgIpc) is 2.40. The molecular weight excluding hydrogens is 210 g/mol. The van der Waals surface area contributed by atoms with Gasteiger partial charge in [-0.3, -0.25) is 4.79 Å². The van der Waals surface area contributed by atoms with Crippen LogP contribution in [0.1, 0.15) is 22.3 Å². The van der Waals surface area contributed by atoms with Crippen molar-refractivity contribution in [3.8, 4) is 0 Å². The second kappa shape index (κ2) is 5.21. The molecule has 0 saturated heterocycles. The maximum absolute atomic E-state index is 11.9. The van der Waals surface area contributed by atoms with Gasteiger partial charge in [-0.2, -0.15) is 0 Å². The van der Waals surface area contributed by atoms with Crippen LogP contribution in [0.25, 0.3) is 0 Å². The van der Waals surface area contributed by atoms with E-state index in [1.807, 2.05) is 48.5 Å². The molecule has 0 fully saturated rings. The van der Waals surface area contributed by atoms with Crippen LogP contribution in [-0.4, -0.2) is 11.5 Å². The Kier molecular flexibility index (Phi) is 3.46. The molecule has 0 amide bonds. The minimum absolute atomic E-state index is 0.0144. The predicted octanol–water partition coefficient (Wildman–Crippen LogP) is 3.33. The Bertz CT molecular complexity index is 468. The molecule has 2 aromatic rings. The van der Waals surface area contributed by atoms with Crippen LogP contribution >= 0.6 is 0 Å². The molecule has 17 heavy (non-hydrogen) atoms. The van der Waals surface area contributed by atoms with Gasteiger partial charge < -0.3 is 5.41 Å². The lowest BCUT2D eigenvalue weighted by Crippen LogP contribution is -2.08. The zero-order chi connectivity index (χ0) is 12.1. The minimum atomic E-state index is -0.0144. The van der Waals surface area contributed by atoms with Gasteiger partial charge in [0.15, 0.2) is 5.78 Å². The van der Waals surface area contributed by atoms with Crippen LogP contribution in [-0.2, 0) is 0 Å². The molecule has 0 aliphatic carbocycles. The van der Waals surface area contributed by atoms with Gasteiger partial charge in [0, 0.05) is 11.3 Å². The number of Topliss-reactive ketones (excluding diaryl/α,β-unsaturated/α-hetero) is 1. The first kappa shape index (κ1) is 11.3. The standard InChI is InChI=1S/C15H13NO/c16-14(12-7-3-1-4-8-12)11-15(17)13-9-5-2-6-10-13/h1-10,16H,11H2. The quantitative estimate of drug-likeness (QED) is 0.627. The largest absolute Gasteiger partial charge is 0.304 e. The van der Waals surface area contributed by atoms with Crippen LogP contribution in [0.4, 0.5) is 0 Å². The molecule has 0 aliphatic heterocycles. The number of carbonyl (C=O) groups is 1. The maximum atomic E-state index is 11.9. The molecule has 0 radical (unpaired) electrons. The summed E-state index contributed by atoms with van der Waals surface area (Å²) in [6.07, 6.45) is 0.147. The van der Waals surface area contributed by atoms with Gasteiger partial charge in [0.1, 0.15) is 0 Å². The van der Waals surface area contributed by atoms with Crippen LogP contribution in [0.3, 0.4) is 0 Å². The van der Waals surface area contributed by atoms with E-state index in [1.165, 1.54) is 0 Å². The van der Waals surface area contributed by atoms with Gasteiger partial charge in [0.25, 0.3) is 0 Å². The number of hydrogen-bond acceptors (Lipinski definition) is 2. The van der Waals surface area contributed by atoms with Crippen molar-refractivity contribution in [3.05, 3.63) is 71.8 Å². The molecule has 84 valence electrons. The molecule has 2 aromatic carbocycles. The first-order chi connectivity index (χ1) is 8.27. The van der Waals surface area contributed by atoms with Crippen molar-refractivity contribution >= 4 is 11.5 Å². The monoisotopic (exact) mass is 223 g/mol. The zero-order valence-corrected chi connectivity index (χ0v) is 9.39. The van der Waals surface area contributed by atoms with E-state index in [2.05, 4.69) is 0 Å². The highest BCUT2D eigenvalue weighted by molar-refractivity contribution is 6.14. The summed E-state index contributed by atoms with van der Waals surface area (Å²) < 4.78 is 0. The smallest absolute Gasteiger partial charge is 0.168 e. The predicted molar refractivity (Wildman–Crippen MR) is 68.7 cm³/mol. The van der Waals surface area contributed by atoms with Crippen molar-refractivity contribution in [2.75, 3.05) is 0 Å². The molecule has 1 N–H and O–H groups in total. The summed E-state index contributed by atoms with van der Waals surface area (Å²) in [5.74, 6) is -0.0144. The fraction of sp³-hybridized carbons (Fsp3) is 0.0667. The van der Waals surface area contributed by atoms with Gasteiger partial charge in [-0.05, 0) is 5.56 Å². The topological polar surface area (TPSA) is 40.9 Å². The Labute approximate surface area is 100 Å². The van der Waals surface area contributed by atoms with Crippen LogP contribution in [0.15, 0.2) is 60.7 Å². The van der Waals surface area contributed by atoms with E-state index in [4.69, 9.17) is 5.41 Å². The van der Waals surface area contributed by atoms with Crippen molar-refractivity contribution in [1.29, 1.82) is 5.41 Å². The number of rotatable bonds is 4. The summed E-state index contributed by atoms with van der Waals surface area (Å²) >= 11 is 0. The highest BCUT2D eigenvalue weighted by Gasteiger charge is 2.09. The van der Waals surface area contributed by atoms with Crippen LogP contribution in [0.5, 0.6) is 0 Å². The number of ketones is 1. The molecule has 0 saturated carbocycles. The van der Waals surface area contributed by atoms with Crippen molar-refractivity contribution < 1.29 is 4.79 Å². The molecule has 0 unspecified atom stereocenters. The Morgan fingerprint density at radius 3 is 1.82 bits per heavy atom. The number of carbonyl (C=O) groups excluding carboxylic acids is 1. The third kappa shape index (κ3) is 2.88. The van der Waals surface area contributed by atoms with Gasteiger partial charge in [0.2, 0.25) is 0 Å². The highest BCUT2D eigenvalue weighted by atomic mass is 16.1. The SMILES string of the molecule is N=C(CC(=O)c1ccccc1)c1ccccc1. The molecule has 0 spiro atoms. The van der Waals surface area contributed by atoms with Crippen molar-refractivity contribution in [3.63, 3.8) is 0 Å². The lowest BCUT2D eigenvalue weighted by molar-refractivity contribution is 0.100. The van der Waals surface area contributed by atoms with Gasteiger partial charge in [0.05, 0.1) is 6.42 Å². The molecule has 0 bridgehead atoms. The summed E-state index contributed by atoms with van der Waals surface area (Å²) in [6.45, 7) is 0. The highest BCUT2D eigenvalue weighted by Crippen LogP contribution is 2.08. The van der Waals surface area contributed by atoms with E-state index in [-0.39, 0.29) is 12.2 Å². The molecule has 2 rings (SSSR count). The number of benzene rings is 2. The van der Waals surface area contributed by atoms with E-state index in [0.29, 0.717) is 11.3 Å². The molecule has 0 aromatic heterocycles. The second-order valence-electron chi connectivity index (χ2n) is 3.81. The van der Waals surface area contributed by atoms with Gasteiger partial charge in [-0.25, -0.2) is 0 Å². The maximum Gasteiger partial charge on any atom is 0.168 e. The summed E-state index contributed by atoms with van der Waals surface area (Å²) in [5.41, 5.74) is 1.82. The van der Waals surface area contributed by atoms with Crippen molar-refractivity contribution in [2.45, 2.75) is 6.42 Å². The van der Waals surface area contributed by atoms with E-state index in [9.17, 15) is 4.79 Å². The lowest BCUT2D eigenvalue weighted by atomic mass is 10.0. The second-order valence-corrected chi connectivity index (χ2v) is 3.81. The van der Waals surface area contributed by atoms with Crippen molar-refractivity contribution in [2.24, 2.45) is 0 Å². The summed E-state index contributed by atoms with van der Waals surface area (Å²) in [5, 5.41) is 7.89. The molecule has 0 atom stereocenters. The fourth-order valence-electron chi connectivity index (χ4n) is 1.63. The third-order valence-electron chi connectivity index (χ3n) is 2.56. The van der Waals surface area contributed by atoms with E-state index in [0.717, 1.165) is 5.56 Å². The number of hydrogen-bond donors (Lipinski definition) is 1. The minimum Gasteiger partial charge on any atom is -0.304 e. The Morgan fingerprint density at radius 1 is 0.824 bits per heavy atom. The average molecular weight is 223 g/mol. The lowest BCUT2D eigenvalue weighted by Gasteiger charge is -2.03. The molecule has 2 heteroatoms. The Hall–Kier alpha value is -2.22. The Morgan fingerprint density at radius 2 is 1.29 bits per heavy atom. The molecule has 2 nitrogen and oxygen atoms in total. The van der Waals surface area contributed by atoms with Crippen LogP contribution < -0.4 is 0 Å². The normalized spacial score (nSPS) is 9.88. The zero-order valence-electron chi connectivity index (χ0n) is 9.39. The molecular formula is C15H13NO. The summed E-state index contributed by atoms with van der Waals surface area (Å²) in [7, 11) is 0. The number of nitrogens with one attached hydrogen (secondary N) is 1. The van der Waals surface area contributed by atoms with Gasteiger partial charge in [-0.15, -0.1) is 0 Å². The van der Waals surface area contributed by atoms with Gasteiger partial charge >= 0.3 is 0 Å². The van der Waals surface area contributed by atoms with Crippen LogP contribution in [0, 0.1) is 5.41 Å². The third-order valence-corrected chi connectivity index (χ3v) is 2.56.